The molecular formula is C15H22F2N2. The molecule has 1 aliphatic rings. The standard InChI is InChI=1S/C15H22F2N2/c1-10-3-4-11(2)19(8-10)9-15(18)13-6-5-12(16)7-14(13)17/h5-7,10-11,15H,3-4,8-9,18H2,1-2H3. The zero-order chi connectivity index (χ0) is 14.0. The second-order valence-corrected chi connectivity index (χ2v) is 5.76. The van der Waals surface area contributed by atoms with Crippen LogP contribution in [0.4, 0.5) is 8.78 Å². The lowest BCUT2D eigenvalue weighted by Gasteiger charge is -2.38. The lowest BCUT2D eigenvalue weighted by Crippen LogP contribution is -2.44. The Balaban J connectivity index is 2.05. The molecule has 0 spiro atoms. The molecule has 1 saturated heterocycles. The Bertz CT molecular complexity index is 436. The quantitative estimate of drug-likeness (QED) is 0.912. The molecule has 19 heavy (non-hydrogen) atoms. The summed E-state index contributed by atoms with van der Waals surface area (Å²) < 4.78 is 26.6. The third kappa shape index (κ3) is 3.51. The van der Waals surface area contributed by atoms with Gasteiger partial charge in [0, 0.05) is 36.8 Å². The molecule has 2 nitrogen and oxygen atoms in total. The predicted octanol–water partition coefficient (Wildman–Crippen LogP) is 3.09. The average Bonchev–Trinajstić information content (AvgIpc) is 2.33. The van der Waals surface area contributed by atoms with Crippen molar-refractivity contribution in [2.24, 2.45) is 11.7 Å². The Morgan fingerprint density at radius 1 is 1.32 bits per heavy atom. The summed E-state index contributed by atoms with van der Waals surface area (Å²) in [6, 6.07) is 3.69. The van der Waals surface area contributed by atoms with E-state index in [1.165, 1.54) is 18.6 Å². The van der Waals surface area contributed by atoms with Gasteiger partial charge < -0.3 is 5.73 Å². The summed E-state index contributed by atoms with van der Waals surface area (Å²) in [6.45, 7) is 6.02. The molecule has 0 aromatic heterocycles. The first-order chi connectivity index (χ1) is 8.97. The molecule has 106 valence electrons. The van der Waals surface area contributed by atoms with Crippen molar-refractivity contribution in [2.75, 3.05) is 13.1 Å². The number of nitrogens with two attached hydrogens (primary N) is 1. The second-order valence-electron chi connectivity index (χ2n) is 5.76. The maximum atomic E-state index is 13.7. The molecule has 0 bridgehead atoms. The molecule has 2 N–H and O–H groups in total. The Morgan fingerprint density at radius 3 is 2.74 bits per heavy atom. The van der Waals surface area contributed by atoms with E-state index in [1.807, 2.05) is 0 Å². The predicted molar refractivity (Wildman–Crippen MR) is 72.7 cm³/mol. The molecule has 0 aliphatic carbocycles. The van der Waals surface area contributed by atoms with Crippen LogP contribution in [0.1, 0.15) is 38.3 Å². The average molecular weight is 268 g/mol. The summed E-state index contributed by atoms with van der Waals surface area (Å²) in [7, 11) is 0. The minimum Gasteiger partial charge on any atom is -0.323 e. The first kappa shape index (κ1) is 14.4. The van der Waals surface area contributed by atoms with Gasteiger partial charge in [0.15, 0.2) is 0 Å². The Hall–Kier alpha value is -1.00. The van der Waals surface area contributed by atoms with E-state index in [0.29, 0.717) is 24.1 Å². The van der Waals surface area contributed by atoms with E-state index in [1.54, 1.807) is 0 Å². The van der Waals surface area contributed by atoms with Crippen LogP contribution in [0.2, 0.25) is 0 Å². The fraction of sp³-hybridized carbons (Fsp3) is 0.600. The molecule has 1 fully saturated rings. The first-order valence-electron chi connectivity index (χ1n) is 6.92. The summed E-state index contributed by atoms with van der Waals surface area (Å²) in [5.74, 6) is -0.458. The summed E-state index contributed by atoms with van der Waals surface area (Å²) in [5.41, 5.74) is 6.48. The van der Waals surface area contributed by atoms with Gasteiger partial charge in [0.05, 0.1) is 0 Å². The van der Waals surface area contributed by atoms with Crippen LogP contribution >= 0.6 is 0 Å². The van der Waals surface area contributed by atoms with Crippen LogP contribution in [-0.2, 0) is 0 Å². The van der Waals surface area contributed by atoms with Crippen LogP contribution < -0.4 is 5.73 Å². The third-order valence-electron chi connectivity index (χ3n) is 4.04. The molecule has 1 aliphatic heterocycles. The number of hydrogen-bond acceptors (Lipinski definition) is 2. The van der Waals surface area contributed by atoms with E-state index in [-0.39, 0.29) is 0 Å². The fourth-order valence-electron chi connectivity index (χ4n) is 2.79. The van der Waals surface area contributed by atoms with Crippen LogP contribution in [0.5, 0.6) is 0 Å². The highest BCUT2D eigenvalue weighted by Crippen LogP contribution is 2.24. The molecule has 0 saturated carbocycles. The Kier molecular flexibility index (Phi) is 4.53. The summed E-state index contributed by atoms with van der Waals surface area (Å²) in [6.07, 6.45) is 2.39. The molecule has 1 aromatic rings. The molecule has 1 aromatic carbocycles. The van der Waals surface area contributed by atoms with Gasteiger partial charge >= 0.3 is 0 Å². The van der Waals surface area contributed by atoms with Gasteiger partial charge in [-0.1, -0.05) is 13.0 Å². The normalized spacial score (nSPS) is 26.4. The van der Waals surface area contributed by atoms with Gasteiger partial charge in [-0.25, -0.2) is 8.78 Å². The van der Waals surface area contributed by atoms with Gasteiger partial charge in [0.2, 0.25) is 0 Å². The number of rotatable bonds is 3. The summed E-state index contributed by atoms with van der Waals surface area (Å²) in [5, 5.41) is 0. The van der Waals surface area contributed by atoms with E-state index in [4.69, 9.17) is 5.73 Å². The monoisotopic (exact) mass is 268 g/mol. The van der Waals surface area contributed by atoms with E-state index in [2.05, 4.69) is 18.7 Å². The highest BCUT2D eigenvalue weighted by Gasteiger charge is 2.25. The van der Waals surface area contributed by atoms with Crippen molar-refractivity contribution in [2.45, 2.75) is 38.8 Å². The number of benzene rings is 1. The van der Waals surface area contributed by atoms with E-state index < -0.39 is 17.7 Å². The second kappa shape index (κ2) is 5.97. The zero-order valence-corrected chi connectivity index (χ0v) is 11.6. The Morgan fingerprint density at radius 2 is 2.05 bits per heavy atom. The maximum absolute atomic E-state index is 13.7. The van der Waals surface area contributed by atoms with E-state index in [0.717, 1.165) is 19.0 Å². The minimum absolute atomic E-state index is 0.395. The van der Waals surface area contributed by atoms with Crippen molar-refractivity contribution in [3.8, 4) is 0 Å². The maximum Gasteiger partial charge on any atom is 0.130 e. The highest BCUT2D eigenvalue weighted by atomic mass is 19.1. The van der Waals surface area contributed by atoms with Crippen molar-refractivity contribution in [3.05, 3.63) is 35.4 Å². The third-order valence-corrected chi connectivity index (χ3v) is 4.04. The van der Waals surface area contributed by atoms with Crippen LogP contribution in [0, 0.1) is 17.6 Å². The lowest BCUT2D eigenvalue weighted by atomic mass is 9.94. The van der Waals surface area contributed by atoms with Crippen molar-refractivity contribution in [1.82, 2.24) is 4.90 Å². The molecular weight excluding hydrogens is 246 g/mol. The topological polar surface area (TPSA) is 29.3 Å². The minimum atomic E-state index is -0.562. The van der Waals surface area contributed by atoms with Crippen LogP contribution in [0.25, 0.3) is 0 Å². The number of hydrogen-bond donors (Lipinski definition) is 1. The SMILES string of the molecule is CC1CCC(C)N(CC(N)c2ccc(F)cc2F)C1. The van der Waals surface area contributed by atoms with Crippen LogP contribution in [-0.4, -0.2) is 24.0 Å². The summed E-state index contributed by atoms with van der Waals surface area (Å²) in [4.78, 5) is 2.31. The van der Waals surface area contributed by atoms with Gasteiger partial charge in [-0.3, -0.25) is 4.90 Å². The van der Waals surface area contributed by atoms with Crippen molar-refractivity contribution >= 4 is 0 Å². The van der Waals surface area contributed by atoms with Gasteiger partial charge in [0.1, 0.15) is 11.6 Å². The van der Waals surface area contributed by atoms with Crippen molar-refractivity contribution in [1.29, 1.82) is 0 Å². The molecule has 1 heterocycles. The summed E-state index contributed by atoms with van der Waals surface area (Å²) >= 11 is 0. The number of piperidine rings is 1. The van der Waals surface area contributed by atoms with Crippen LogP contribution in [0.3, 0.4) is 0 Å². The number of nitrogens with zero attached hydrogens (tertiary/aromatic N) is 1. The first-order valence-corrected chi connectivity index (χ1v) is 6.92. The van der Waals surface area contributed by atoms with Crippen molar-refractivity contribution < 1.29 is 8.78 Å². The zero-order valence-electron chi connectivity index (χ0n) is 11.6. The van der Waals surface area contributed by atoms with Gasteiger partial charge in [-0.05, 0) is 31.7 Å². The molecule has 2 rings (SSSR count). The Labute approximate surface area is 113 Å². The largest absolute Gasteiger partial charge is 0.323 e. The van der Waals surface area contributed by atoms with E-state index >= 15 is 0 Å². The molecule has 4 heteroatoms. The van der Waals surface area contributed by atoms with Gasteiger partial charge in [-0.2, -0.15) is 0 Å². The molecule has 3 atom stereocenters. The smallest absolute Gasteiger partial charge is 0.130 e. The molecule has 0 amide bonds. The fourth-order valence-corrected chi connectivity index (χ4v) is 2.79. The lowest BCUT2D eigenvalue weighted by molar-refractivity contribution is 0.117. The number of halogens is 2. The van der Waals surface area contributed by atoms with Gasteiger partial charge in [-0.15, -0.1) is 0 Å². The molecule has 3 unspecified atom stereocenters. The van der Waals surface area contributed by atoms with Gasteiger partial charge in [0.25, 0.3) is 0 Å². The van der Waals surface area contributed by atoms with Crippen LogP contribution in [0.15, 0.2) is 18.2 Å². The van der Waals surface area contributed by atoms with E-state index in [9.17, 15) is 8.78 Å². The van der Waals surface area contributed by atoms with Crippen molar-refractivity contribution in [3.63, 3.8) is 0 Å². The highest BCUT2D eigenvalue weighted by molar-refractivity contribution is 5.22. The molecule has 0 radical (unpaired) electrons. The number of likely N-dealkylation sites (tertiary alicyclic amines) is 1.